The lowest BCUT2D eigenvalue weighted by atomic mass is 9.68. The van der Waals surface area contributed by atoms with Crippen molar-refractivity contribution in [3.05, 3.63) is 113 Å². The Kier molecular flexibility index (Phi) is 3.67. The lowest BCUT2D eigenvalue weighted by molar-refractivity contribution is 0.504. The first-order valence-corrected chi connectivity index (χ1v) is 9.57. The fraction of sp³-hybridized carbons (Fsp3) is 0.200. The Morgan fingerprint density at radius 2 is 1.46 bits per heavy atom. The molecule has 0 bridgehead atoms. The molecule has 1 aliphatic heterocycles. The molecule has 1 heteroatoms. The van der Waals surface area contributed by atoms with Crippen LogP contribution < -0.4 is 4.90 Å². The highest BCUT2D eigenvalue weighted by molar-refractivity contribution is 5.75. The van der Waals surface area contributed by atoms with Gasteiger partial charge in [-0.05, 0) is 42.0 Å². The van der Waals surface area contributed by atoms with Gasteiger partial charge in [-0.1, -0.05) is 84.9 Å². The Labute approximate surface area is 155 Å². The van der Waals surface area contributed by atoms with Crippen molar-refractivity contribution >= 4 is 5.69 Å². The van der Waals surface area contributed by atoms with Gasteiger partial charge in [0.05, 0.1) is 5.41 Å². The van der Waals surface area contributed by atoms with Gasteiger partial charge in [-0.25, -0.2) is 0 Å². The number of hydrogen-bond acceptors (Lipinski definition) is 1. The predicted octanol–water partition coefficient (Wildman–Crippen LogP) is 6.06. The Morgan fingerprint density at radius 3 is 2.27 bits per heavy atom. The van der Waals surface area contributed by atoms with Crippen molar-refractivity contribution in [1.29, 1.82) is 0 Å². The molecule has 3 aromatic carbocycles. The normalized spacial score (nSPS) is 21.1. The van der Waals surface area contributed by atoms with Gasteiger partial charge in [0.2, 0.25) is 0 Å². The zero-order valence-corrected chi connectivity index (χ0v) is 14.9. The highest BCUT2D eigenvalue weighted by atomic mass is 15.2. The molecule has 0 radical (unpaired) electrons. The Bertz CT molecular complexity index is 942. The summed E-state index contributed by atoms with van der Waals surface area (Å²) in [6, 6.07) is 30.9. The first-order valence-electron chi connectivity index (χ1n) is 9.57. The van der Waals surface area contributed by atoms with Crippen LogP contribution in [0, 0.1) is 0 Å². The van der Waals surface area contributed by atoms with Crippen molar-refractivity contribution in [2.45, 2.75) is 31.2 Å². The second-order valence-corrected chi connectivity index (χ2v) is 7.34. The number of anilines is 1. The first-order chi connectivity index (χ1) is 12.9. The van der Waals surface area contributed by atoms with E-state index >= 15 is 0 Å². The van der Waals surface area contributed by atoms with E-state index in [9.17, 15) is 0 Å². The van der Waals surface area contributed by atoms with Gasteiger partial charge in [0, 0.05) is 17.9 Å². The molecule has 0 spiro atoms. The molecular formula is C25H23N. The Morgan fingerprint density at radius 1 is 0.769 bits per heavy atom. The van der Waals surface area contributed by atoms with Crippen LogP contribution in [0.2, 0.25) is 0 Å². The van der Waals surface area contributed by atoms with Crippen molar-refractivity contribution in [2.75, 3.05) is 4.90 Å². The van der Waals surface area contributed by atoms with Crippen LogP contribution >= 0.6 is 0 Å². The van der Waals surface area contributed by atoms with Gasteiger partial charge < -0.3 is 4.90 Å². The summed E-state index contributed by atoms with van der Waals surface area (Å²) in [5, 5.41) is 0. The molecule has 2 aliphatic rings. The molecule has 0 unspecified atom stereocenters. The minimum absolute atomic E-state index is 0.00484. The maximum atomic E-state index is 2.55. The number of hydrogen-bond donors (Lipinski definition) is 0. The van der Waals surface area contributed by atoms with Crippen molar-refractivity contribution in [1.82, 2.24) is 0 Å². The minimum atomic E-state index is 0.00484. The van der Waals surface area contributed by atoms with Crippen LogP contribution in [0.5, 0.6) is 0 Å². The van der Waals surface area contributed by atoms with E-state index in [1.807, 2.05) is 0 Å². The van der Waals surface area contributed by atoms with Crippen LogP contribution in [-0.4, -0.2) is 0 Å². The average molecular weight is 337 g/mol. The van der Waals surface area contributed by atoms with Gasteiger partial charge in [-0.15, -0.1) is 0 Å². The van der Waals surface area contributed by atoms with Crippen molar-refractivity contribution < 1.29 is 0 Å². The summed E-state index contributed by atoms with van der Waals surface area (Å²) in [7, 11) is 0. The van der Waals surface area contributed by atoms with Gasteiger partial charge in [-0.2, -0.15) is 0 Å². The SMILES string of the molecule is C1=C2N(Cc3ccccc3)c3ccccc3[C@]2(c2ccccc2)CCC1. The second kappa shape index (κ2) is 6.17. The van der Waals surface area contributed by atoms with E-state index in [-0.39, 0.29) is 5.41 Å². The topological polar surface area (TPSA) is 3.24 Å². The number of rotatable bonds is 3. The van der Waals surface area contributed by atoms with Crippen molar-refractivity contribution in [3.8, 4) is 0 Å². The molecule has 26 heavy (non-hydrogen) atoms. The molecule has 1 aliphatic carbocycles. The third-order valence-corrected chi connectivity index (χ3v) is 5.93. The highest BCUT2D eigenvalue weighted by Crippen LogP contribution is 2.56. The maximum Gasteiger partial charge on any atom is 0.0621 e. The molecule has 1 atom stereocenters. The van der Waals surface area contributed by atoms with E-state index < -0.39 is 0 Å². The molecule has 0 aromatic heterocycles. The first kappa shape index (κ1) is 15.5. The lowest BCUT2D eigenvalue weighted by Crippen LogP contribution is -2.34. The van der Waals surface area contributed by atoms with E-state index in [1.165, 1.54) is 47.3 Å². The largest absolute Gasteiger partial charge is 0.339 e. The molecular weight excluding hydrogens is 314 g/mol. The van der Waals surface area contributed by atoms with Gasteiger partial charge in [-0.3, -0.25) is 0 Å². The number of para-hydroxylation sites is 1. The van der Waals surface area contributed by atoms with Gasteiger partial charge in [0.1, 0.15) is 0 Å². The minimum Gasteiger partial charge on any atom is -0.339 e. The number of nitrogens with zero attached hydrogens (tertiary/aromatic N) is 1. The summed E-state index contributed by atoms with van der Waals surface area (Å²) in [5.74, 6) is 0. The van der Waals surface area contributed by atoms with E-state index in [2.05, 4.69) is 95.9 Å². The van der Waals surface area contributed by atoms with Crippen LogP contribution in [-0.2, 0) is 12.0 Å². The van der Waals surface area contributed by atoms with Crippen LogP contribution in [0.1, 0.15) is 36.0 Å². The Hall–Kier alpha value is -2.80. The summed E-state index contributed by atoms with van der Waals surface area (Å²) in [6.07, 6.45) is 6.08. The molecule has 0 fully saturated rings. The molecule has 0 saturated heterocycles. The standard InChI is InChI=1S/C25H23N/c1-3-11-20(12-4-1)19-26-23-16-8-7-15-22(23)25(18-10-9-17-24(25)26)21-13-5-2-6-14-21/h1-8,11-17H,9-10,18-19H2/t25-/m1/s1. The highest BCUT2D eigenvalue weighted by Gasteiger charge is 2.48. The van der Waals surface area contributed by atoms with E-state index in [1.54, 1.807) is 0 Å². The molecule has 0 saturated carbocycles. The zero-order chi connectivity index (χ0) is 17.4. The predicted molar refractivity (Wildman–Crippen MR) is 108 cm³/mol. The zero-order valence-electron chi connectivity index (χ0n) is 14.9. The van der Waals surface area contributed by atoms with E-state index in [0.29, 0.717) is 0 Å². The number of fused-ring (bicyclic) bond motifs is 3. The van der Waals surface area contributed by atoms with Crippen LogP contribution in [0.3, 0.4) is 0 Å². The third kappa shape index (κ3) is 2.24. The van der Waals surface area contributed by atoms with Crippen LogP contribution in [0.25, 0.3) is 0 Å². The second-order valence-electron chi connectivity index (χ2n) is 7.34. The molecule has 0 amide bonds. The van der Waals surface area contributed by atoms with Crippen LogP contribution in [0.15, 0.2) is 96.7 Å². The molecule has 3 aromatic rings. The summed E-state index contributed by atoms with van der Waals surface area (Å²) < 4.78 is 0. The lowest BCUT2D eigenvalue weighted by Gasteiger charge is -2.37. The number of benzene rings is 3. The molecule has 1 heterocycles. The Balaban J connectivity index is 1.70. The fourth-order valence-corrected chi connectivity index (χ4v) is 4.83. The molecule has 0 N–H and O–H groups in total. The molecule has 128 valence electrons. The van der Waals surface area contributed by atoms with Crippen molar-refractivity contribution in [2.24, 2.45) is 0 Å². The van der Waals surface area contributed by atoms with Gasteiger partial charge in [0.15, 0.2) is 0 Å². The van der Waals surface area contributed by atoms with E-state index in [0.717, 1.165) is 6.54 Å². The third-order valence-electron chi connectivity index (χ3n) is 5.93. The average Bonchev–Trinajstić information content (AvgIpc) is 3.01. The fourth-order valence-electron chi connectivity index (χ4n) is 4.83. The van der Waals surface area contributed by atoms with E-state index in [4.69, 9.17) is 0 Å². The summed E-state index contributed by atoms with van der Waals surface area (Å²) in [5.41, 5.74) is 7.10. The van der Waals surface area contributed by atoms with Gasteiger partial charge >= 0.3 is 0 Å². The number of allylic oxidation sites excluding steroid dienone is 2. The summed E-state index contributed by atoms with van der Waals surface area (Å²) in [4.78, 5) is 2.55. The van der Waals surface area contributed by atoms with Crippen LogP contribution in [0.4, 0.5) is 5.69 Å². The smallest absolute Gasteiger partial charge is 0.0621 e. The molecule has 5 rings (SSSR count). The van der Waals surface area contributed by atoms with Gasteiger partial charge in [0.25, 0.3) is 0 Å². The molecule has 1 nitrogen and oxygen atoms in total. The monoisotopic (exact) mass is 337 g/mol. The summed E-state index contributed by atoms with van der Waals surface area (Å²) >= 11 is 0. The quantitative estimate of drug-likeness (QED) is 0.561. The summed E-state index contributed by atoms with van der Waals surface area (Å²) in [6.45, 7) is 0.929. The maximum absolute atomic E-state index is 2.55. The van der Waals surface area contributed by atoms with Crippen molar-refractivity contribution in [3.63, 3.8) is 0 Å².